The molecular formula is C17H26ClNO2. The van der Waals surface area contributed by atoms with Crippen molar-refractivity contribution >= 4 is 11.6 Å². The largest absolute Gasteiger partial charge is 0.493 e. The predicted molar refractivity (Wildman–Crippen MR) is 87.5 cm³/mol. The van der Waals surface area contributed by atoms with Gasteiger partial charge in [-0.15, -0.1) is 0 Å². The average molecular weight is 312 g/mol. The third kappa shape index (κ3) is 4.79. The Hall–Kier alpha value is -0.930. The number of benzene rings is 1. The zero-order valence-electron chi connectivity index (χ0n) is 13.1. The van der Waals surface area contributed by atoms with Gasteiger partial charge >= 0.3 is 0 Å². The van der Waals surface area contributed by atoms with Crippen LogP contribution in [0.2, 0.25) is 5.02 Å². The number of rotatable bonds is 7. The summed E-state index contributed by atoms with van der Waals surface area (Å²) < 4.78 is 11.1. The molecule has 1 aliphatic rings. The van der Waals surface area contributed by atoms with E-state index in [1.807, 2.05) is 12.1 Å². The van der Waals surface area contributed by atoms with Crippen LogP contribution >= 0.6 is 11.6 Å². The van der Waals surface area contributed by atoms with Crippen LogP contribution in [0.5, 0.6) is 11.5 Å². The maximum Gasteiger partial charge on any atom is 0.179 e. The highest BCUT2D eigenvalue weighted by atomic mass is 35.5. The summed E-state index contributed by atoms with van der Waals surface area (Å²) >= 11 is 6.34. The lowest BCUT2D eigenvalue weighted by atomic mass is 9.95. The number of hydrogen-bond acceptors (Lipinski definition) is 3. The molecule has 1 aromatic carbocycles. The summed E-state index contributed by atoms with van der Waals surface area (Å²) in [6, 6.07) is 4.64. The van der Waals surface area contributed by atoms with Gasteiger partial charge in [0.15, 0.2) is 11.5 Å². The van der Waals surface area contributed by atoms with E-state index in [4.69, 9.17) is 21.1 Å². The predicted octanol–water partition coefficient (Wildman–Crippen LogP) is 4.56. The smallest absolute Gasteiger partial charge is 0.179 e. The van der Waals surface area contributed by atoms with E-state index in [1.165, 1.54) is 32.1 Å². The molecule has 2 rings (SSSR count). The average Bonchev–Trinajstić information content (AvgIpc) is 2.52. The second-order valence-corrected chi connectivity index (χ2v) is 6.08. The van der Waals surface area contributed by atoms with E-state index in [1.54, 1.807) is 7.11 Å². The highest BCUT2D eigenvalue weighted by molar-refractivity contribution is 6.32. The lowest BCUT2D eigenvalue weighted by Crippen LogP contribution is -2.30. The summed E-state index contributed by atoms with van der Waals surface area (Å²) in [5, 5.41) is 4.25. The van der Waals surface area contributed by atoms with Crippen LogP contribution in [-0.4, -0.2) is 19.8 Å². The molecule has 21 heavy (non-hydrogen) atoms. The number of halogens is 1. The molecule has 1 fully saturated rings. The molecule has 0 heterocycles. The van der Waals surface area contributed by atoms with Crippen LogP contribution in [-0.2, 0) is 6.54 Å². The lowest BCUT2D eigenvalue weighted by Gasteiger charge is -2.23. The summed E-state index contributed by atoms with van der Waals surface area (Å²) in [4.78, 5) is 0. The van der Waals surface area contributed by atoms with Gasteiger partial charge in [-0.2, -0.15) is 0 Å². The van der Waals surface area contributed by atoms with Crippen molar-refractivity contribution in [1.29, 1.82) is 0 Å². The molecule has 3 nitrogen and oxygen atoms in total. The van der Waals surface area contributed by atoms with Crippen molar-refractivity contribution in [3.8, 4) is 11.5 Å². The molecule has 0 unspecified atom stereocenters. The van der Waals surface area contributed by atoms with E-state index in [2.05, 4.69) is 12.2 Å². The molecule has 118 valence electrons. The van der Waals surface area contributed by atoms with Gasteiger partial charge in [-0.1, -0.05) is 37.8 Å². The minimum atomic E-state index is 0.628. The monoisotopic (exact) mass is 311 g/mol. The SMILES string of the molecule is CCCOc1c(Cl)cc(CNC2CCCCC2)cc1OC. The van der Waals surface area contributed by atoms with Crippen molar-refractivity contribution in [2.75, 3.05) is 13.7 Å². The van der Waals surface area contributed by atoms with Gasteiger partial charge in [0.05, 0.1) is 18.7 Å². The van der Waals surface area contributed by atoms with Crippen LogP contribution in [0.1, 0.15) is 51.0 Å². The fourth-order valence-corrected chi connectivity index (χ4v) is 3.08. The molecule has 1 aromatic rings. The van der Waals surface area contributed by atoms with Gasteiger partial charge < -0.3 is 14.8 Å². The maximum atomic E-state index is 6.34. The zero-order chi connectivity index (χ0) is 15.1. The van der Waals surface area contributed by atoms with Crippen LogP contribution < -0.4 is 14.8 Å². The highest BCUT2D eigenvalue weighted by Gasteiger charge is 2.15. The normalized spacial score (nSPS) is 16.0. The minimum Gasteiger partial charge on any atom is -0.493 e. The van der Waals surface area contributed by atoms with Gasteiger partial charge in [-0.3, -0.25) is 0 Å². The maximum absolute atomic E-state index is 6.34. The first-order valence-electron chi connectivity index (χ1n) is 7.97. The van der Waals surface area contributed by atoms with Crippen LogP contribution in [0.4, 0.5) is 0 Å². The van der Waals surface area contributed by atoms with E-state index in [9.17, 15) is 0 Å². The molecule has 0 aromatic heterocycles. The quantitative estimate of drug-likeness (QED) is 0.800. The molecule has 0 radical (unpaired) electrons. The topological polar surface area (TPSA) is 30.5 Å². The Morgan fingerprint density at radius 1 is 1.24 bits per heavy atom. The molecule has 1 N–H and O–H groups in total. The van der Waals surface area contributed by atoms with Crippen molar-refractivity contribution in [3.63, 3.8) is 0 Å². The standard InChI is InChI=1S/C17H26ClNO2/c1-3-9-21-17-15(18)10-13(11-16(17)20-2)12-19-14-7-5-4-6-8-14/h10-11,14,19H,3-9,12H2,1-2H3. The summed E-state index contributed by atoms with van der Waals surface area (Å²) in [5.41, 5.74) is 1.14. The van der Waals surface area contributed by atoms with Crippen molar-refractivity contribution in [3.05, 3.63) is 22.7 Å². The zero-order valence-corrected chi connectivity index (χ0v) is 13.8. The minimum absolute atomic E-state index is 0.628. The molecule has 4 heteroatoms. The molecule has 0 amide bonds. The number of hydrogen-bond donors (Lipinski definition) is 1. The van der Waals surface area contributed by atoms with E-state index < -0.39 is 0 Å². The van der Waals surface area contributed by atoms with Crippen LogP contribution in [0, 0.1) is 0 Å². The molecule has 0 saturated heterocycles. The van der Waals surface area contributed by atoms with Gasteiger partial charge in [0.1, 0.15) is 0 Å². The summed E-state index contributed by atoms with van der Waals surface area (Å²) in [7, 11) is 1.66. The second kappa shape index (κ2) is 8.50. The van der Waals surface area contributed by atoms with Crippen LogP contribution in [0.15, 0.2) is 12.1 Å². The Morgan fingerprint density at radius 3 is 2.67 bits per heavy atom. The molecule has 0 atom stereocenters. The molecule has 0 spiro atoms. The Morgan fingerprint density at radius 2 is 2.00 bits per heavy atom. The molecule has 0 bridgehead atoms. The number of nitrogens with one attached hydrogen (secondary N) is 1. The fourth-order valence-electron chi connectivity index (χ4n) is 2.79. The number of methoxy groups -OCH3 is 1. The molecule has 1 saturated carbocycles. The fraction of sp³-hybridized carbons (Fsp3) is 0.647. The summed E-state index contributed by atoms with van der Waals surface area (Å²) in [6.45, 7) is 3.55. The van der Waals surface area contributed by atoms with E-state index >= 15 is 0 Å². The van der Waals surface area contributed by atoms with Crippen molar-refractivity contribution in [2.45, 2.75) is 58.0 Å². The first-order valence-corrected chi connectivity index (χ1v) is 8.35. The van der Waals surface area contributed by atoms with E-state index in [0.717, 1.165) is 24.3 Å². The first-order chi connectivity index (χ1) is 10.2. The third-order valence-corrected chi connectivity index (χ3v) is 4.22. The van der Waals surface area contributed by atoms with Gasteiger partial charge in [-0.05, 0) is 37.0 Å². The molecular weight excluding hydrogens is 286 g/mol. The Labute approximate surface area is 133 Å². The van der Waals surface area contributed by atoms with Crippen molar-refractivity contribution in [2.24, 2.45) is 0 Å². The van der Waals surface area contributed by atoms with Crippen molar-refractivity contribution in [1.82, 2.24) is 5.32 Å². The summed E-state index contributed by atoms with van der Waals surface area (Å²) in [5.74, 6) is 1.37. The molecule has 1 aliphatic carbocycles. The van der Waals surface area contributed by atoms with E-state index in [-0.39, 0.29) is 0 Å². The number of ether oxygens (including phenoxy) is 2. The van der Waals surface area contributed by atoms with Gasteiger partial charge in [-0.25, -0.2) is 0 Å². The summed E-state index contributed by atoms with van der Waals surface area (Å²) in [6.07, 6.45) is 7.56. The van der Waals surface area contributed by atoms with Gasteiger partial charge in [0.25, 0.3) is 0 Å². The Balaban J connectivity index is 2.00. The van der Waals surface area contributed by atoms with E-state index in [0.29, 0.717) is 23.4 Å². The Kier molecular flexibility index (Phi) is 6.65. The third-order valence-electron chi connectivity index (χ3n) is 3.94. The lowest BCUT2D eigenvalue weighted by molar-refractivity contribution is 0.294. The van der Waals surface area contributed by atoms with Crippen LogP contribution in [0.3, 0.4) is 0 Å². The van der Waals surface area contributed by atoms with Gasteiger partial charge in [0, 0.05) is 12.6 Å². The van der Waals surface area contributed by atoms with Crippen LogP contribution in [0.25, 0.3) is 0 Å². The first kappa shape index (κ1) is 16.4. The van der Waals surface area contributed by atoms with Crippen molar-refractivity contribution < 1.29 is 9.47 Å². The Bertz CT molecular complexity index is 445. The highest BCUT2D eigenvalue weighted by Crippen LogP contribution is 2.36. The van der Waals surface area contributed by atoms with Gasteiger partial charge in [0.2, 0.25) is 0 Å². The second-order valence-electron chi connectivity index (χ2n) is 5.67. The molecule has 0 aliphatic heterocycles.